The maximum Gasteiger partial charge on any atom is 0.309 e. The zero-order chi connectivity index (χ0) is 13.1. The molecule has 0 saturated carbocycles. The molecule has 0 radical (unpaired) electrons. The average Bonchev–Trinajstić information content (AvgIpc) is 2.35. The van der Waals surface area contributed by atoms with Gasteiger partial charge in [-0.05, 0) is 38.3 Å². The molecular weight excluding hydrogens is 234 g/mol. The highest BCUT2D eigenvalue weighted by Gasteiger charge is 2.19. The first-order valence-electron chi connectivity index (χ1n) is 6.43. The SMILES string of the molecule is COC(=O)C(C)C(C)NCCCCCCSC. The summed E-state index contributed by atoms with van der Waals surface area (Å²) in [5, 5.41) is 3.38. The van der Waals surface area contributed by atoms with Crippen LogP contribution in [0.15, 0.2) is 0 Å². The minimum Gasteiger partial charge on any atom is -0.469 e. The van der Waals surface area contributed by atoms with Crippen molar-refractivity contribution in [3.8, 4) is 0 Å². The first kappa shape index (κ1) is 16.8. The van der Waals surface area contributed by atoms with Crippen molar-refractivity contribution in [3.63, 3.8) is 0 Å². The highest BCUT2D eigenvalue weighted by atomic mass is 32.2. The molecule has 0 saturated heterocycles. The summed E-state index contributed by atoms with van der Waals surface area (Å²) in [5.74, 6) is 1.06. The molecule has 0 amide bonds. The topological polar surface area (TPSA) is 38.3 Å². The van der Waals surface area contributed by atoms with Crippen LogP contribution in [0.25, 0.3) is 0 Å². The Balaban J connectivity index is 3.44. The molecule has 0 aliphatic heterocycles. The van der Waals surface area contributed by atoms with Crippen LogP contribution in [0, 0.1) is 5.92 Å². The van der Waals surface area contributed by atoms with E-state index in [2.05, 4.69) is 11.6 Å². The molecule has 3 nitrogen and oxygen atoms in total. The van der Waals surface area contributed by atoms with Crippen LogP contribution in [-0.2, 0) is 9.53 Å². The number of carbonyl (C=O) groups is 1. The molecule has 17 heavy (non-hydrogen) atoms. The van der Waals surface area contributed by atoms with E-state index in [-0.39, 0.29) is 17.9 Å². The lowest BCUT2D eigenvalue weighted by Gasteiger charge is -2.19. The lowest BCUT2D eigenvalue weighted by molar-refractivity contribution is -0.145. The van der Waals surface area contributed by atoms with E-state index in [9.17, 15) is 4.79 Å². The number of unbranched alkanes of at least 4 members (excludes halogenated alkanes) is 3. The van der Waals surface area contributed by atoms with Crippen molar-refractivity contribution < 1.29 is 9.53 Å². The Hall–Kier alpha value is -0.220. The third-order valence-corrected chi connectivity index (χ3v) is 3.76. The number of rotatable bonds is 10. The quantitative estimate of drug-likeness (QED) is 0.485. The normalized spacial score (nSPS) is 14.4. The van der Waals surface area contributed by atoms with Gasteiger partial charge in [0.25, 0.3) is 0 Å². The fraction of sp³-hybridized carbons (Fsp3) is 0.923. The largest absolute Gasteiger partial charge is 0.469 e. The van der Waals surface area contributed by atoms with Crippen LogP contribution in [0.3, 0.4) is 0 Å². The first-order chi connectivity index (χ1) is 8.13. The molecule has 0 bridgehead atoms. The van der Waals surface area contributed by atoms with Crippen molar-refractivity contribution in [2.24, 2.45) is 5.92 Å². The number of esters is 1. The van der Waals surface area contributed by atoms with Crippen molar-refractivity contribution in [1.29, 1.82) is 0 Å². The number of methoxy groups -OCH3 is 1. The summed E-state index contributed by atoms with van der Waals surface area (Å²) in [4.78, 5) is 11.3. The smallest absolute Gasteiger partial charge is 0.309 e. The number of carbonyl (C=O) groups excluding carboxylic acids is 1. The Labute approximate surface area is 110 Å². The van der Waals surface area contributed by atoms with Crippen LogP contribution < -0.4 is 5.32 Å². The van der Waals surface area contributed by atoms with Gasteiger partial charge in [-0.2, -0.15) is 11.8 Å². The Kier molecular flexibility index (Phi) is 10.8. The summed E-state index contributed by atoms with van der Waals surface area (Å²) < 4.78 is 4.72. The first-order valence-corrected chi connectivity index (χ1v) is 7.83. The second kappa shape index (κ2) is 10.9. The maximum atomic E-state index is 11.3. The molecule has 0 heterocycles. The van der Waals surface area contributed by atoms with E-state index >= 15 is 0 Å². The molecule has 0 aliphatic carbocycles. The predicted octanol–water partition coefficient (Wildman–Crippen LogP) is 2.70. The number of thioether (sulfide) groups is 1. The summed E-state index contributed by atoms with van der Waals surface area (Å²) in [5.41, 5.74) is 0. The third-order valence-electron chi connectivity index (χ3n) is 3.06. The van der Waals surface area contributed by atoms with Gasteiger partial charge in [0.2, 0.25) is 0 Å². The minimum absolute atomic E-state index is 0.0727. The van der Waals surface area contributed by atoms with E-state index in [0.29, 0.717) is 0 Å². The van der Waals surface area contributed by atoms with Crippen LogP contribution in [0.2, 0.25) is 0 Å². The second-order valence-electron chi connectivity index (χ2n) is 4.46. The van der Waals surface area contributed by atoms with Gasteiger partial charge in [0.05, 0.1) is 13.0 Å². The van der Waals surface area contributed by atoms with Crippen molar-refractivity contribution in [3.05, 3.63) is 0 Å². The van der Waals surface area contributed by atoms with Crippen molar-refractivity contribution in [1.82, 2.24) is 5.32 Å². The molecule has 0 aromatic carbocycles. The maximum absolute atomic E-state index is 11.3. The summed E-state index contributed by atoms with van der Waals surface area (Å²) in [6.07, 6.45) is 7.23. The summed E-state index contributed by atoms with van der Waals surface area (Å²) >= 11 is 1.91. The fourth-order valence-corrected chi connectivity index (χ4v) is 2.11. The van der Waals surface area contributed by atoms with E-state index in [1.165, 1.54) is 38.5 Å². The van der Waals surface area contributed by atoms with Crippen LogP contribution in [0.1, 0.15) is 39.5 Å². The van der Waals surface area contributed by atoms with Crippen molar-refractivity contribution in [2.75, 3.05) is 25.7 Å². The van der Waals surface area contributed by atoms with Gasteiger partial charge in [0, 0.05) is 6.04 Å². The number of hydrogen-bond acceptors (Lipinski definition) is 4. The molecule has 0 rings (SSSR count). The Morgan fingerprint density at radius 1 is 1.24 bits per heavy atom. The molecule has 0 spiro atoms. The summed E-state index contributed by atoms with van der Waals surface area (Å²) in [6.45, 7) is 4.93. The van der Waals surface area contributed by atoms with Gasteiger partial charge in [-0.1, -0.05) is 19.8 Å². The van der Waals surface area contributed by atoms with Gasteiger partial charge in [-0.3, -0.25) is 4.79 Å². The predicted molar refractivity (Wildman–Crippen MR) is 75.5 cm³/mol. The van der Waals surface area contributed by atoms with Gasteiger partial charge in [0.15, 0.2) is 0 Å². The molecule has 2 unspecified atom stereocenters. The monoisotopic (exact) mass is 261 g/mol. The van der Waals surface area contributed by atoms with E-state index in [0.717, 1.165) is 6.54 Å². The van der Waals surface area contributed by atoms with Crippen molar-refractivity contribution >= 4 is 17.7 Å². The van der Waals surface area contributed by atoms with E-state index in [1.54, 1.807) is 0 Å². The standard InChI is InChI=1S/C13H27NO2S/c1-11(13(15)16-3)12(2)14-9-7-5-6-8-10-17-4/h11-12,14H,5-10H2,1-4H3. The number of ether oxygens (including phenoxy) is 1. The van der Waals surface area contributed by atoms with Gasteiger partial charge in [0.1, 0.15) is 0 Å². The van der Waals surface area contributed by atoms with Crippen molar-refractivity contribution in [2.45, 2.75) is 45.6 Å². The van der Waals surface area contributed by atoms with Crippen LogP contribution in [-0.4, -0.2) is 37.7 Å². The zero-order valence-corrected chi connectivity index (χ0v) is 12.4. The van der Waals surface area contributed by atoms with Gasteiger partial charge < -0.3 is 10.1 Å². The number of hydrogen-bond donors (Lipinski definition) is 1. The Bertz CT molecular complexity index is 200. The Morgan fingerprint density at radius 2 is 1.88 bits per heavy atom. The van der Waals surface area contributed by atoms with Gasteiger partial charge in [-0.25, -0.2) is 0 Å². The highest BCUT2D eigenvalue weighted by Crippen LogP contribution is 2.06. The second-order valence-corrected chi connectivity index (χ2v) is 5.45. The lowest BCUT2D eigenvalue weighted by atomic mass is 10.0. The highest BCUT2D eigenvalue weighted by molar-refractivity contribution is 7.98. The Morgan fingerprint density at radius 3 is 2.47 bits per heavy atom. The molecular formula is C13H27NO2S. The fourth-order valence-electron chi connectivity index (χ4n) is 1.62. The van der Waals surface area contributed by atoms with Gasteiger partial charge in [-0.15, -0.1) is 0 Å². The molecule has 1 N–H and O–H groups in total. The zero-order valence-electron chi connectivity index (χ0n) is 11.6. The molecule has 102 valence electrons. The average molecular weight is 261 g/mol. The van der Waals surface area contributed by atoms with E-state index < -0.39 is 0 Å². The minimum atomic E-state index is -0.134. The molecule has 0 aromatic heterocycles. The molecule has 4 heteroatoms. The van der Waals surface area contributed by atoms with Gasteiger partial charge >= 0.3 is 5.97 Å². The summed E-state index contributed by atoms with van der Waals surface area (Å²) in [7, 11) is 1.44. The third kappa shape index (κ3) is 8.50. The molecule has 0 fully saturated rings. The molecule has 0 aliphatic rings. The van der Waals surface area contributed by atoms with Crippen LogP contribution >= 0.6 is 11.8 Å². The molecule has 2 atom stereocenters. The molecule has 0 aromatic rings. The van der Waals surface area contributed by atoms with E-state index in [1.807, 2.05) is 25.6 Å². The number of nitrogens with one attached hydrogen (secondary N) is 1. The lowest BCUT2D eigenvalue weighted by Crippen LogP contribution is -2.37. The van der Waals surface area contributed by atoms with Crippen LogP contribution in [0.4, 0.5) is 0 Å². The van der Waals surface area contributed by atoms with Crippen LogP contribution in [0.5, 0.6) is 0 Å². The summed E-state index contributed by atoms with van der Waals surface area (Å²) in [6, 6.07) is 0.189. The van der Waals surface area contributed by atoms with E-state index in [4.69, 9.17) is 4.74 Å².